The minimum absolute atomic E-state index is 0.129. The van der Waals surface area contributed by atoms with E-state index in [4.69, 9.17) is 0 Å². The Hall–Kier alpha value is -1.47. The van der Waals surface area contributed by atoms with Gasteiger partial charge >= 0.3 is 0 Å². The Morgan fingerprint density at radius 2 is 1.72 bits per heavy atom. The fourth-order valence-corrected chi connectivity index (χ4v) is 5.23. The van der Waals surface area contributed by atoms with Gasteiger partial charge in [-0.05, 0) is 17.9 Å². The molecule has 2 aromatic carbocycles. The smallest absolute Gasteiger partial charge is 0.243 e. The van der Waals surface area contributed by atoms with Crippen LogP contribution in [0.5, 0.6) is 0 Å². The fourth-order valence-electron chi connectivity index (χ4n) is 3.59. The molecule has 0 unspecified atom stereocenters. The van der Waals surface area contributed by atoms with Gasteiger partial charge in [0.25, 0.3) is 0 Å². The summed E-state index contributed by atoms with van der Waals surface area (Å²) in [4.78, 5) is 2.59. The topological polar surface area (TPSA) is 60.9 Å². The molecule has 0 aromatic heterocycles. The summed E-state index contributed by atoms with van der Waals surface area (Å²) >= 11 is 0. The van der Waals surface area contributed by atoms with E-state index in [2.05, 4.69) is 11.8 Å². The fraction of sp³-hybridized carbons (Fsp3) is 0.474. The molecule has 1 heterocycles. The van der Waals surface area contributed by atoms with E-state index in [-0.39, 0.29) is 12.6 Å². The van der Waals surface area contributed by atoms with Crippen molar-refractivity contribution in [2.24, 2.45) is 0 Å². The number of benzene rings is 2. The third kappa shape index (κ3) is 3.72. The Bertz CT molecular complexity index is 809. The van der Waals surface area contributed by atoms with Crippen molar-refractivity contribution in [2.75, 3.05) is 32.8 Å². The summed E-state index contributed by atoms with van der Waals surface area (Å²) in [6.45, 7) is 4.48. The maximum atomic E-state index is 13.1. The third-order valence-corrected chi connectivity index (χ3v) is 6.95. The highest BCUT2D eigenvalue weighted by molar-refractivity contribution is 7.89. The third-order valence-electron chi connectivity index (χ3n) is 4.99. The summed E-state index contributed by atoms with van der Waals surface area (Å²) in [5.41, 5.74) is 0. The average Bonchev–Trinajstić information content (AvgIpc) is 2.65. The van der Waals surface area contributed by atoms with E-state index in [1.165, 1.54) is 0 Å². The summed E-state index contributed by atoms with van der Waals surface area (Å²) in [6, 6.07) is 13.1. The first-order chi connectivity index (χ1) is 12.1. The van der Waals surface area contributed by atoms with Gasteiger partial charge in [0, 0.05) is 37.6 Å². The van der Waals surface area contributed by atoms with Gasteiger partial charge in [-0.1, -0.05) is 49.7 Å². The van der Waals surface area contributed by atoms with Gasteiger partial charge in [-0.3, -0.25) is 4.90 Å². The van der Waals surface area contributed by atoms with Crippen LogP contribution in [0.15, 0.2) is 47.4 Å². The predicted octanol–water partition coefficient (Wildman–Crippen LogP) is 2.31. The van der Waals surface area contributed by atoms with Crippen LogP contribution in [-0.4, -0.2) is 61.6 Å². The van der Waals surface area contributed by atoms with Gasteiger partial charge in [0.1, 0.15) is 0 Å². The van der Waals surface area contributed by atoms with Gasteiger partial charge < -0.3 is 5.11 Å². The molecular weight excluding hydrogens is 336 g/mol. The zero-order valence-electron chi connectivity index (χ0n) is 14.6. The summed E-state index contributed by atoms with van der Waals surface area (Å²) in [5.74, 6) is 0. The van der Waals surface area contributed by atoms with Gasteiger partial charge in [-0.25, -0.2) is 8.42 Å². The second-order valence-corrected chi connectivity index (χ2v) is 8.45. The van der Waals surface area contributed by atoms with E-state index >= 15 is 0 Å². The van der Waals surface area contributed by atoms with Crippen LogP contribution < -0.4 is 0 Å². The van der Waals surface area contributed by atoms with Crippen molar-refractivity contribution in [1.29, 1.82) is 0 Å². The minimum Gasteiger partial charge on any atom is -0.395 e. The van der Waals surface area contributed by atoms with Gasteiger partial charge in [0.2, 0.25) is 10.0 Å². The average molecular weight is 362 g/mol. The van der Waals surface area contributed by atoms with Crippen LogP contribution in [0.2, 0.25) is 0 Å². The number of hydrogen-bond acceptors (Lipinski definition) is 4. The molecule has 0 aliphatic carbocycles. The molecule has 25 heavy (non-hydrogen) atoms. The van der Waals surface area contributed by atoms with Crippen LogP contribution in [0.25, 0.3) is 10.8 Å². The Morgan fingerprint density at radius 3 is 2.40 bits per heavy atom. The number of hydrogen-bond donors (Lipinski definition) is 1. The van der Waals surface area contributed by atoms with Crippen molar-refractivity contribution in [1.82, 2.24) is 9.21 Å². The number of aliphatic hydroxyl groups is 1. The van der Waals surface area contributed by atoms with Crippen molar-refractivity contribution in [3.63, 3.8) is 0 Å². The molecular formula is C19H26N2O3S. The van der Waals surface area contributed by atoms with E-state index < -0.39 is 10.0 Å². The maximum Gasteiger partial charge on any atom is 0.243 e. The normalized spacial score (nSPS) is 18.5. The van der Waals surface area contributed by atoms with E-state index in [1.807, 2.05) is 30.3 Å². The van der Waals surface area contributed by atoms with Crippen molar-refractivity contribution < 1.29 is 13.5 Å². The molecule has 136 valence electrons. The lowest BCUT2D eigenvalue weighted by molar-refractivity contribution is 0.0848. The van der Waals surface area contributed by atoms with Crippen molar-refractivity contribution >= 4 is 20.8 Å². The molecule has 1 atom stereocenters. The molecule has 1 fully saturated rings. The second kappa shape index (κ2) is 7.83. The van der Waals surface area contributed by atoms with Crippen LogP contribution in [0, 0.1) is 0 Å². The lowest BCUT2D eigenvalue weighted by atomic mass is 10.1. The number of rotatable bonds is 6. The number of sulfonamides is 1. The minimum atomic E-state index is -3.51. The molecule has 1 saturated heterocycles. The highest BCUT2D eigenvalue weighted by atomic mass is 32.2. The Morgan fingerprint density at radius 1 is 1.04 bits per heavy atom. The largest absolute Gasteiger partial charge is 0.395 e. The molecule has 3 rings (SSSR count). The number of nitrogens with zero attached hydrogens (tertiary/aromatic N) is 2. The van der Waals surface area contributed by atoms with Crippen LogP contribution >= 0.6 is 0 Å². The summed E-state index contributed by atoms with van der Waals surface area (Å²) in [5, 5.41) is 11.3. The molecule has 0 bridgehead atoms. The molecule has 1 aliphatic rings. The van der Waals surface area contributed by atoms with Crippen LogP contribution in [-0.2, 0) is 10.0 Å². The molecule has 0 radical (unpaired) electrons. The van der Waals surface area contributed by atoms with Crippen LogP contribution in [0.4, 0.5) is 0 Å². The number of aliphatic hydroxyl groups excluding tert-OH is 1. The summed E-state index contributed by atoms with van der Waals surface area (Å²) < 4.78 is 27.8. The molecule has 0 amide bonds. The van der Waals surface area contributed by atoms with Gasteiger partial charge in [-0.15, -0.1) is 0 Å². The molecule has 5 nitrogen and oxygen atoms in total. The molecule has 1 aliphatic heterocycles. The highest BCUT2D eigenvalue weighted by Gasteiger charge is 2.31. The molecule has 1 N–H and O–H groups in total. The highest BCUT2D eigenvalue weighted by Crippen LogP contribution is 2.26. The first-order valence-corrected chi connectivity index (χ1v) is 10.3. The molecule has 0 saturated carbocycles. The number of piperazine rings is 1. The summed E-state index contributed by atoms with van der Waals surface area (Å²) in [6.07, 6.45) is 1.95. The van der Waals surface area contributed by atoms with Gasteiger partial charge in [0.15, 0.2) is 0 Å². The van der Waals surface area contributed by atoms with Crippen LogP contribution in [0.1, 0.15) is 19.8 Å². The monoisotopic (exact) mass is 362 g/mol. The van der Waals surface area contributed by atoms with E-state index in [0.29, 0.717) is 31.1 Å². The van der Waals surface area contributed by atoms with E-state index in [1.54, 1.807) is 16.4 Å². The predicted molar refractivity (Wildman–Crippen MR) is 100 cm³/mol. The zero-order valence-corrected chi connectivity index (χ0v) is 15.5. The summed E-state index contributed by atoms with van der Waals surface area (Å²) in [7, 11) is -3.51. The van der Waals surface area contributed by atoms with E-state index in [0.717, 1.165) is 23.6 Å². The SMILES string of the molecule is CCC[C@@H](CO)N1CCN(S(=O)(=O)c2cccc3ccccc23)CC1. The lowest BCUT2D eigenvalue weighted by Crippen LogP contribution is -2.52. The van der Waals surface area contributed by atoms with Crippen molar-refractivity contribution in [3.05, 3.63) is 42.5 Å². The first kappa shape index (κ1) is 18.3. The molecule has 0 spiro atoms. The Kier molecular flexibility index (Phi) is 5.74. The number of fused-ring (bicyclic) bond motifs is 1. The van der Waals surface area contributed by atoms with Gasteiger partial charge in [0.05, 0.1) is 11.5 Å². The Balaban J connectivity index is 1.80. The van der Waals surface area contributed by atoms with Crippen molar-refractivity contribution in [2.45, 2.75) is 30.7 Å². The first-order valence-electron chi connectivity index (χ1n) is 8.90. The zero-order chi connectivity index (χ0) is 17.9. The molecule has 6 heteroatoms. The molecule has 2 aromatic rings. The van der Waals surface area contributed by atoms with Gasteiger partial charge in [-0.2, -0.15) is 4.31 Å². The van der Waals surface area contributed by atoms with Crippen molar-refractivity contribution in [3.8, 4) is 0 Å². The lowest BCUT2D eigenvalue weighted by Gasteiger charge is -2.38. The quantitative estimate of drug-likeness (QED) is 0.857. The second-order valence-electron chi connectivity index (χ2n) is 6.54. The maximum absolute atomic E-state index is 13.1. The van der Waals surface area contributed by atoms with E-state index in [9.17, 15) is 13.5 Å². The standard InChI is InChI=1S/C19H26N2O3S/c1-2-6-17(15-22)20-11-13-21(14-12-20)25(23,24)19-10-5-8-16-7-3-4-9-18(16)19/h3-5,7-10,17,22H,2,6,11-15H2,1H3/t17-/m0/s1. The Labute approximate surface area is 149 Å². The van der Waals surface area contributed by atoms with Crippen LogP contribution in [0.3, 0.4) is 0 Å².